The maximum Gasteiger partial charge on any atom is 0.240 e. The summed E-state index contributed by atoms with van der Waals surface area (Å²) in [5.74, 6) is 0.435. The average molecular weight is 223 g/mol. The molecule has 76 valence electrons. The lowest BCUT2D eigenvalue weighted by Crippen LogP contribution is -1.84. The van der Waals surface area contributed by atoms with Gasteiger partial charge in [-0.25, -0.2) is 9.62 Å². The molecule has 0 radical (unpaired) electrons. The van der Waals surface area contributed by atoms with Gasteiger partial charge in [0.25, 0.3) is 0 Å². The van der Waals surface area contributed by atoms with Crippen molar-refractivity contribution in [2.24, 2.45) is 4.99 Å². The molecule has 6 heteroatoms. The molecule has 0 unspecified atom stereocenters. The Labute approximate surface area is 90.5 Å². The molecule has 0 atom stereocenters. The van der Waals surface area contributed by atoms with E-state index in [1.807, 2.05) is 12.1 Å². The summed E-state index contributed by atoms with van der Waals surface area (Å²) in [5, 5.41) is 7.59. The number of nitrogen functional groups attached to an aromatic ring is 1. The van der Waals surface area contributed by atoms with Crippen LogP contribution in [-0.4, -0.2) is 16.5 Å². The van der Waals surface area contributed by atoms with Gasteiger partial charge in [-0.05, 0) is 28.0 Å². The third-order valence-electron chi connectivity index (χ3n) is 1.70. The van der Waals surface area contributed by atoms with Crippen LogP contribution >= 0.6 is 11.6 Å². The summed E-state index contributed by atoms with van der Waals surface area (Å²) in [6.07, 6.45) is 1.60. The van der Waals surface area contributed by atoms with E-state index >= 15 is 0 Å². The first-order valence-corrected chi connectivity index (χ1v) is 4.51. The van der Waals surface area contributed by atoms with Gasteiger partial charge in [-0.3, -0.25) is 0 Å². The molecule has 1 heterocycles. The molecule has 0 spiro atoms. The fraction of sp³-hybridized carbons (Fsp3) is 0. The smallest absolute Gasteiger partial charge is 0.240 e. The van der Waals surface area contributed by atoms with Crippen LogP contribution in [0, 0.1) is 0 Å². The maximum atomic E-state index is 5.73. The number of hydrogen-bond acceptors (Lipinski definition) is 5. The quantitative estimate of drug-likeness (QED) is 0.789. The van der Waals surface area contributed by atoms with Gasteiger partial charge in [0.1, 0.15) is 0 Å². The summed E-state index contributed by atoms with van der Waals surface area (Å²) < 4.78 is 4.39. The van der Waals surface area contributed by atoms with Crippen LogP contribution in [0.1, 0.15) is 5.56 Å². The number of aliphatic imine (C=N–C) groups is 1. The number of anilines is 1. The van der Waals surface area contributed by atoms with E-state index in [2.05, 4.69) is 19.9 Å². The Morgan fingerprint density at radius 2 is 2.00 bits per heavy atom. The van der Waals surface area contributed by atoms with Crippen molar-refractivity contribution in [2.45, 2.75) is 0 Å². The van der Waals surface area contributed by atoms with Crippen LogP contribution < -0.4 is 5.73 Å². The lowest BCUT2D eigenvalue weighted by molar-refractivity contribution is 0.310. The van der Waals surface area contributed by atoms with Crippen molar-refractivity contribution in [3.8, 4) is 0 Å². The summed E-state index contributed by atoms with van der Waals surface area (Å²) in [6.45, 7) is 0. The molecule has 2 rings (SSSR count). The highest BCUT2D eigenvalue weighted by Gasteiger charge is 2.01. The van der Waals surface area contributed by atoms with Crippen LogP contribution in [0.2, 0.25) is 5.02 Å². The zero-order valence-electron chi connectivity index (χ0n) is 7.59. The second-order valence-electron chi connectivity index (χ2n) is 2.78. The molecule has 15 heavy (non-hydrogen) atoms. The van der Waals surface area contributed by atoms with Crippen molar-refractivity contribution in [1.82, 2.24) is 10.3 Å². The van der Waals surface area contributed by atoms with Crippen LogP contribution in [0.5, 0.6) is 0 Å². The second kappa shape index (κ2) is 4.10. The molecule has 1 aromatic carbocycles. The fourth-order valence-corrected chi connectivity index (χ4v) is 1.09. The molecular formula is C9H7ClN4O. The first kappa shape index (κ1) is 9.67. The Morgan fingerprint density at radius 3 is 2.60 bits per heavy atom. The van der Waals surface area contributed by atoms with E-state index < -0.39 is 0 Å². The van der Waals surface area contributed by atoms with Gasteiger partial charge in [0.15, 0.2) is 0 Å². The standard InChI is InChI=1S/C9H7ClN4O/c10-7-3-1-6(2-4-7)5-12-9-8(11)13-15-14-9/h1-5H,(H2,11,13). The number of halogens is 1. The minimum absolute atomic E-state index is 0.167. The number of hydrogen-bond donors (Lipinski definition) is 1. The predicted molar refractivity (Wildman–Crippen MR) is 57.4 cm³/mol. The van der Waals surface area contributed by atoms with Crippen LogP contribution in [0.15, 0.2) is 33.9 Å². The Kier molecular flexibility index (Phi) is 2.64. The van der Waals surface area contributed by atoms with E-state index in [0.717, 1.165) is 5.56 Å². The SMILES string of the molecule is Nc1nonc1N=Cc1ccc(Cl)cc1. The highest BCUT2D eigenvalue weighted by atomic mass is 35.5. The lowest BCUT2D eigenvalue weighted by atomic mass is 10.2. The number of benzene rings is 1. The van der Waals surface area contributed by atoms with Crippen molar-refractivity contribution < 1.29 is 4.63 Å². The van der Waals surface area contributed by atoms with Crippen molar-refractivity contribution in [3.05, 3.63) is 34.9 Å². The fourth-order valence-electron chi connectivity index (χ4n) is 0.965. The normalized spacial score (nSPS) is 11.0. The van der Waals surface area contributed by atoms with E-state index in [9.17, 15) is 0 Å². The summed E-state index contributed by atoms with van der Waals surface area (Å²) in [7, 11) is 0. The van der Waals surface area contributed by atoms with Crippen LogP contribution in [0.25, 0.3) is 0 Å². The molecule has 0 bridgehead atoms. The Hall–Kier alpha value is -1.88. The molecule has 2 aromatic rings. The molecule has 1 aromatic heterocycles. The summed E-state index contributed by atoms with van der Waals surface area (Å²) in [6, 6.07) is 7.20. The number of aromatic nitrogens is 2. The number of nitrogens with two attached hydrogens (primary N) is 1. The van der Waals surface area contributed by atoms with Gasteiger partial charge in [0, 0.05) is 11.2 Å². The average Bonchev–Trinajstić information content (AvgIpc) is 2.63. The summed E-state index contributed by atoms with van der Waals surface area (Å²) >= 11 is 5.73. The molecule has 2 N–H and O–H groups in total. The topological polar surface area (TPSA) is 77.3 Å². The van der Waals surface area contributed by atoms with Crippen LogP contribution in [-0.2, 0) is 0 Å². The highest BCUT2D eigenvalue weighted by molar-refractivity contribution is 6.30. The van der Waals surface area contributed by atoms with Crippen molar-refractivity contribution in [1.29, 1.82) is 0 Å². The monoisotopic (exact) mass is 222 g/mol. The van der Waals surface area contributed by atoms with Crippen molar-refractivity contribution >= 4 is 29.5 Å². The van der Waals surface area contributed by atoms with Gasteiger partial charge < -0.3 is 5.73 Å². The summed E-state index contributed by atoms with van der Waals surface area (Å²) in [4.78, 5) is 4.01. The molecule has 0 amide bonds. The van der Waals surface area contributed by atoms with Crippen LogP contribution in [0.4, 0.5) is 11.6 Å². The highest BCUT2D eigenvalue weighted by Crippen LogP contribution is 2.15. The third-order valence-corrected chi connectivity index (χ3v) is 1.95. The molecule has 5 nitrogen and oxygen atoms in total. The van der Waals surface area contributed by atoms with E-state index in [1.54, 1.807) is 18.3 Å². The van der Waals surface area contributed by atoms with Crippen molar-refractivity contribution in [2.75, 3.05) is 5.73 Å². The first-order valence-electron chi connectivity index (χ1n) is 4.13. The minimum Gasteiger partial charge on any atom is -0.378 e. The van der Waals surface area contributed by atoms with E-state index in [4.69, 9.17) is 17.3 Å². The van der Waals surface area contributed by atoms with E-state index in [1.165, 1.54) is 0 Å². The van der Waals surface area contributed by atoms with E-state index in [-0.39, 0.29) is 11.6 Å². The van der Waals surface area contributed by atoms with Gasteiger partial charge in [0.2, 0.25) is 11.6 Å². The molecule has 0 aliphatic carbocycles. The molecule has 0 saturated carbocycles. The largest absolute Gasteiger partial charge is 0.378 e. The minimum atomic E-state index is 0.167. The molecule has 0 fully saturated rings. The molecule has 0 aliphatic heterocycles. The van der Waals surface area contributed by atoms with Crippen molar-refractivity contribution in [3.63, 3.8) is 0 Å². The van der Waals surface area contributed by atoms with Gasteiger partial charge in [-0.2, -0.15) is 0 Å². The van der Waals surface area contributed by atoms with E-state index in [0.29, 0.717) is 5.02 Å². The van der Waals surface area contributed by atoms with Gasteiger partial charge in [-0.1, -0.05) is 23.7 Å². The first-order chi connectivity index (χ1) is 7.25. The number of nitrogens with zero attached hydrogens (tertiary/aromatic N) is 3. The zero-order chi connectivity index (χ0) is 10.7. The van der Waals surface area contributed by atoms with Gasteiger partial charge in [-0.15, -0.1) is 0 Å². The zero-order valence-corrected chi connectivity index (χ0v) is 8.35. The lowest BCUT2D eigenvalue weighted by Gasteiger charge is -1.91. The molecular weight excluding hydrogens is 216 g/mol. The van der Waals surface area contributed by atoms with Gasteiger partial charge in [0.05, 0.1) is 0 Å². The summed E-state index contributed by atoms with van der Waals surface area (Å²) in [5.41, 5.74) is 6.32. The predicted octanol–water partition coefficient (Wildman–Crippen LogP) is 2.06. The molecule has 0 aliphatic rings. The Balaban J connectivity index is 2.19. The second-order valence-corrected chi connectivity index (χ2v) is 3.22. The third kappa shape index (κ3) is 2.32. The Morgan fingerprint density at radius 1 is 1.27 bits per heavy atom. The van der Waals surface area contributed by atoms with Gasteiger partial charge >= 0.3 is 0 Å². The Bertz CT molecular complexity index is 477. The van der Waals surface area contributed by atoms with Crippen LogP contribution in [0.3, 0.4) is 0 Å². The number of rotatable bonds is 2. The maximum absolute atomic E-state index is 5.73. The molecule has 0 saturated heterocycles.